The largest absolute Gasteiger partial charge is 0.467 e. The van der Waals surface area contributed by atoms with E-state index < -0.39 is 24.3 Å². The molecule has 0 aliphatic carbocycles. The van der Waals surface area contributed by atoms with E-state index in [1.54, 1.807) is 30.3 Å². The van der Waals surface area contributed by atoms with E-state index in [1.165, 1.54) is 6.92 Å². The second-order valence-electron chi connectivity index (χ2n) is 3.14. The molecule has 0 spiro atoms. The van der Waals surface area contributed by atoms with Crippen LogP contribution in [0.4, 0.5) is 0 Å². The number of rotatable bonds is 4. The third kappa shape index (κ3) is 3.73. The average Bonchev–Trinajstić information content (AvgIpc) is 2.36. The lowest BCUT2D eigenvalue weighted by atomic mass is 10.1. The molecular formula is C12H15NO3. The zero-order valence-electron chi connectivity index (χ0n) is 11.2. The Hall–Kier alpha value is -1.84. The van der Waals surface area contributed by atoms with Gasteiger partial charge in [0.2, 0.25) is 5.91 Å². The predicted octanol–water partition coefficient (Wildman–Crippen LogP) is 0.907. The Morgan fingerprint density at radius 3 is 2.62 bits per heavy atom. The zero-order chi connectivity index (χ0) is 13.8. The number of benzene rings is 1. The molecule has 0 aliphatic rings. The van der Waals surface area contributed by atoms with Crippen LogP contribution in [0.3, 0.4) is 0 Å². The maximum absolute atomic E-state index is 11.6. The summed E-state index contributed by atoms with van der Waals surface area (Å²) < 4.78 is 20.5. The Kier molecular flexibility index (Phi) is 3.46. The first kappa shape index (κ1) is 9.39. The summed E-state index contributed by atoms with van der Waals surface area (Å²) in [6, 6.07) is 6.24. The van der Waals surface area contributed by atoms with Gasteiger partial charge in [-0.1, -0.05) is 30.3 Å². The molecule has 4 nitrogen and oxygen atoms in total. The van der Waals surface area contributed by atoms with Crippen molar-refractivity contribution in [3.63, 3.8) is 0 Å². The summed E-state index contributed by atoms with van der Waals surface area (Å²) in [6.45, 7) is 1.18. The van der Waals surface area contributed by atoms with E-state index in [0.29, 0.717) is 5.56 Å². The maximum atomic E-state index is 11.6. The van der Waals surface area contributed by atoms with Gasteiger partial charge in [-0.15, -0.1) is 0 Å². The second-order valence-corrected chi connectivity index (χ2v) is 3.14. The van der Waals surface area contributed by atoms with Crippen molar-refractivity contribution in [1.82, 2.24) is 5.32 Å². The Labute approximate surface area is 97.4 Å². The number of esters is 1. The Morgan fingerprint density at radius 2 is 2.12 bits per heavy atom. The van der Waals surface area contributed by atoms with Gasteiger partial charge in [0.05, 0.1) is 8.48 Å². The van der Waals surface area contributed by atoms with Gasteiger partial charge in [-0.2, -0.15) is 0 Å². The Morgan fingerprint density at radius 1 is 1.50 bits per heavy atom. The maximum Gasteiger partial charge on any atom is 0.328 e. The van der Waals surface area contributed by atoms with Crippen molar-refractivity contribution < 1.29 is 17.1 Å². The van der Waals surface area contributed by atoms with Gasteiger partial charge >= 0.3 is 5.97 Å². The molecule has 16 heavy (non-hydrogen) atoms. The molecule has 1 amide bonds. The number of hydrogen-bond acceptors (Lipinski definition) is 3. The molecular weight excluding hydrogens is 206 g/mol. The highest BCUT2D eigenvalue weighted by atomic mass is 16.5. The summed E-state index contributed by atoms with van der Waals surface area (Å²) in [7, 11) is 1.12. The van der Waals surface area contributed by atoms with Crippen LogP contribution in [0.2, 0.25) is 0 Å². The lowest BCUT2D eigenvalue weighted by Crippen LogP contribution is -2.41. The molecule has 0 fully saturated rings. The van der Waals surface area contributed by atoms with Gasteiger partial charge in [-0.25, -0.2) is 4.79 Å². The van der Waals surface area contributed by atoms with E-state index >= 15 is 0 Å². The number of nitrogens with one attached hydrogen (secondary N) is 1. The summed E-state index contributed by atoms with van der Waals surface area (Å²) >= 11 is 0. The van der Waals surface area contributed by atoms with Crippen molar-refractivity contribution in [2.45, 2.75) is 19.3 Å². The van der Waals surface area contributed by atoms with Crippen LogP contribution in [-0.4, -0.2) is 25.0 Å². The lowest BCUT2D eigenvalue weighted by Gasteiger charge is -2.15. The third-order valence-corrected chi connectivity index (χ3v) is 1.83. The van der Waals surface area contributed by atoms with Crippen LogP contribution in [-0.2, 0) is 20.7 Å². The minimum absolute atomic E-state index is 0.451. The molecule has 0 saturated carbocycles. The molecule has 0 heterocycles. The fourth-order valence-electron chi connectivity index (χ4n) is 1.16. The average molecular weight is 223 g/mol. The van der Waals surface area contributed by atoms with Crippen molar-refractivity contribution in [2.24, 2.45) is 0 Å². The highest BCUT2D eigenvalue weighted by molar-refractivity contribution is 5.83. The highest BCUT2D eigenvalue weighted by Gasteiger charge is 2.20. The van der Waals surface area contributed by atoms with Gasteiger partial charge in [0.25, 0.3) is 0 Å². The molecule has 86 valence electrons. The molecule has 0 bridgehead atoms. The summed E-state index contributed by atoms with van der Waals surface area (Å²) in [5.41, 5.74) is 0.451. The van der Waals surface area contributed by atoms with Crippen LogP contribution in [0.25, 0.3) is 0 Å². The molecule has 4 heteroatoms. The first-order chi connectivity index (χ1) is 8.41. The number of ether oxygens (including phenoxy) is 1. The Balaban J connectivity index is 3.11. The smallest absolute Gasteiger partial charge is 0.328 e. The normalized spacial score (nSPS) is 17.4. The van der Waals surface area contributed by atoms with Crippen LogP contribution in [0.15, 0.2) is 30.3 Å². The van der Waals surface area contributed by atoms with E-state index in [9.17, 15) is 9.59 Å². The first-order valence-electron chi connectivity index (χ1n) is 5.84. The minimum Gasteiger partial charge on any atom is -0.467 e. The number of carbonyl (C=O) groups excluding carboxylic acids is 2. The summed E-state index contributed by atoms with van der Waals surface area (Å²) in [5, 5.41) is 2.17. The van der Waals surface area contributed by atoms with Crippen molar-refractivity contribution >= 4 is 11.9 Å². The molecule has 1 aromatic rings. The Bertz CT molecular complexity index is 438. The quantitative estimate of drug-likeness (QED) is 0.772. The van der Waals surface area contributed by atoms with E-state index in [-0.39, 0.29) is 0 Å². The number of methoxy groups -OCH3 is 1. The fraction of sp³-hybridized carbons (Fsp3) is 0.333. The van der Waals surface area contributed by atoms with Crippen LogP contribution >= 0.6 is 0 Å². The summed E-state index contributed by atoms with van der Waals surface area (Å²) in [5.74, 6) is -1.54. The molecule has 2 atom stereocenters. The summed E-state index contributed by atoms with van der Waals surface area (Å²) in [6.07, 6.45) is -1.27. The fourth-order valence-corrected chi connectivity index (χ4v) is 1.16. The third-order valence-electron chi connectivity index (χ3n) is 1.83. The van der Waals surface area contributed by atoms with E-state index in [1.807, 2.05) is 0 Å². The zero-order valence-corrected chi connectivity index (χ0v) is 9.19. The molecule has 0 saturated heterocycles. The molecule has 1 aromatic carbocycles. The van der Waals surface area contributed by atoms with Gasteiger partial charge in [-0.05, 0) is 5.56 Å². The molecule has 0 aliphatic heterocycles. The number of carbonyl (C=O) groups is 2. The first-order valence-corrected chi connectivity index (χ1v) is 4.76. The number of hydrogen-bond donors (Lipinski definition) is 1. The van der Waals surface area contributed by atoms with Gasteiger partial charge < -0.3 is 10.1 Å². The molecule has 0 unspecified atom stereocenters. The highest BCUT2D eigenvalue weighted by Crippen LogP contribution is 2.04. The summed E-state index contributed by atoms with van der Waals surface area (Å²) in [4.78, 5) is 22.7. The van der Waals surface area contributed by atoms with E-state index in [2.05, 4.69) is 10.1 Å². The molecule has 0 radical (unpaired) electrons. The van der Waals surface area contributed by atoms with Gasteiger partial charge in [-0.3, -0.25) is 4.79 Å². The van der Waals surface area contributed by atoms with Crippen LogP contribution in [0, 0.1) is 0 Å². The molecule has 1 N–H and O–H groups in total. The van der Waals surface area contributed by atoms with E-state index in [4.69, 9.17) is 2.74 Å². The number of amides is 1. The second kappa shape index (κ2) is 5.90. The topological polar surface area (TPSA) is 55.4 Å². The van der Waals surface area contributed by atoms with Crippen LogP contribution in [0.5, 0.6) is 0 Å². The SMILES string of the molecule is [2H][C@H](c1ccccc1)[C@]([2H])(NC(C)=O)C(=O)OC. The van der Waals surface area contributed by atoms with Crippen molar-refractivity contribution in [3.8, 4) is 0 Å². The van der Waals surface area contributed by atoms with Crippen molar-refractivity contribution in [1.29, 1.82) is 0 Å². The minimum atomic E-state index is -2.15. The van der Waals surface area contributed by atoms with E-state index in [0.717, 1.165) is 7.11 Å². The van der Waals surface area contributed by atoms with Gasteiger partial charge in [0, 0.05) is 14.7 Å². The monoisotopic (exact) mass is 223 g/mol. The predicted molar refractivity (Wildman–Crippen MR) is 59.8 cm³/mol. The van der Waals surface area contributed by atoms with Gasteiger partial charge in [0.1, 0.15) is 6.02 Å². The molecule has 0 aromatic heterocycles. The molecule has 1 rings (SSSR count). The van der Waals surface area contributed by atoms with Crippen molar-refractivity contribution in [2.75, 3.05) is 7.11 Å². The lowest BCUT2D eigenvalue weighted by molar-refractivity contribution is -0.144. The van der Waals surface area contributed by atoms with Crippen LogP contribution in [0.1, 0.15) is 15.2 Å². The van der Waals surface area contributed by atoms with Gasteiger partial charge in [0.15, 0.2) is 0 Å². The van der Waals surface area contributed by atoms with Crippen molar-refractivity contribution in [3.05, 3.63) is 35.9 Å². The standard InChI is InChI=1S/C12H15NO3/c1-9(14)13-11(12(15)16-2)8-10-6-4-3-5-7-10/h3-7,11H,8H2,1-2H3,(H,13,14)/t11-/m0/s1/i8D,11D/t8-,11+/m1. The van der Waals surface area contributed by atoms with Crippen LogP contribution < -0.4 is 5.32 Å².